The third kappa shape index (κ3) is 17.8. The summed E-state index contributed by atoms with van der Waals surface area (Å²) in [6.45, 7) is 8.07. The summed E-state index contributed by atoms with van der Waals surface area (Å²) in [7, 11) is 0. The number of pyridine rings is 1. The normalized spacial score (nSPS) is 10.9. The number of carboxylic acid groups (broad SMARTS) is 1. The van der Waals surface area contributed by atoms with Crippen molar-refractivity contribution in [2.24, 2.45) is 10.7 Å². The van der Waals surface area contributed by atoms with Crippen LogP contribution in [0.25, 0.3) is 0 Å². The zero-order valence-electron chi connectivity index (χ0n) is 14.8. The predicted octanol–water partition coefficient (Wildman–Crippen LogP) is 1.28. The van der Waals surface area contributed by atoms with Crippen molar-refractivity contribution in [3.8, 4) is 0 Å². The summed E-state index contributed by atoms with van der Waals surface area (Å²) in [5.74, 6) is -0.949. The highest BCUT2D eigenvalue weighted by atomic mass is 32.1. The first-order valence-corrected chi connectivity index (χ1v) is 8.36. The van der Waals surface area contributed by atoms with Gasteiger partial charge in [-0.3, -0.25) is 19.5 Å². The number of amides is 1. The van der Waals surface area contributed by atoms with E-state index >= 15 is 0 Å². The number of aliphatic imine (C=N–C) groups is 1. The Balaban J connectivity index is 0. The molecule has 1 amide bonds. The van der Waals surface area contributed by atoms with Crippen LogP contribution in [0.5, 0.6) is 0 Å². The fraction of sp³-hybridized carbons (Fsp3) is 0.235. The lowest BCUT2D eigenvalue weighted by Crippen LogP contribution is -2.30. The zero-order valence-corrected chi connectivity index (χ0v) is 16.4. The third-order valence-electron chi connectivity index (χ3n) is 2.27. The van der Waals surface area contributed by atoms with Gasteiger partial charge in [-0.05, 0) is 36.6 Å². The first-order chi connectivity index (χ1) is 12.9. The topological polar surface area (TPSA) is 121 Å². The monoisotopic (exact) mass is 409 g/mol. The van der Waals surface area contributed by atoms with Crippen LogP contribution >= 0.6 is 24.4 Å². The molecule has 1 aliphatic rings. The standard InChI is InChI=1S/C6H8N2OS.C5H5N.C4H5NS.C2H5NO2/c1-2-3-8-5(9)4-7-6(8)10;1-2-4-6-5-3-1;1-2-3-5-4-6;3-1-2(4)5/h2H,1,3-4H2,(H,7,10);1-5H;2H,1,3H2;1,3H2,(H,4,5). The van der Waals surface area contributed by atoms with E-state index in [1.54, 1.807) is 24.5 Å². The van der Waals surface area contributed by atoms with Crippen LogP contribution in [0.1, 0.15) is 0 Å². The van der Waals surface area contributed by atoms with Crippen molar-refractivity contribution in [2.45, 2.75) is 0 Å². The fourth-order valence-corrected chi connectivity index (χ4v) is 1.51. The van der Waals surface area contributed by atoms with Crippen LogP contribution in [0, 0.1) is 0 Å². The Morgan fingerprint density at radius 1 is 1.41 bits per heavy atom. The van der Waals surface area contributed by atoms with Crippen LogP contribution in [-0.2, 0) is 9.59 Å². The molecule has 10 heteroatoms. The molecule has 1 fully saturated rings. The molecule has 0 radical (unpaired) electrons. The van der Waals surface area contributed by atoms with E-state index in [0.717, 1.165) is 0 Å². The number of nitrogens with zero attached hydrogens (tertiary/aromatic N) is 3. The van der Waals surface area contributed by atoms with Crippen LogP contribution < -0.4 is 11.1 Å². The van der Waals surface area contributed by atoms with Crippen LogP contribution in [-0.4, -0.2) is 63.3 Å². The van der Waals surface area contributed by atoms with Crippen molar-refractivity contribution in [2.75, 3.05) is 26.2 Å². The van der Waals surface area contributed by atoms with E-state index in [4.69, 9.17) is 17.3 Å². The van der Waals surface area contributed by atoms with E-state index in [-0.39, 0.29) is 12.5 Å². The minimum absolute atomic E-state index is 0.0184. The minimum Gasteiger partial charge on any atom is -0.480 e. The summed E-state index contributed by atoms with van der Waals surface area (Å²) >= 11 is 9.08. The molecular formula is C17H23N5O3S2. The molecule has 4 N–H and O–H groups in total. The summed E-state index contributed by atoms with van der Waals surface area (Å²) in [6.07, 6.45) is 6.82. The Hall–Kier alpha value is -2.78. The number of hydrogen-bond donors (Lipinski definition) is 3. The lowest BCUT2D eigenvalue weighted by atomic mass is 10.5. The van der Waals surface area contributed by atoms with Gasteiger partial charge in [0.15, 0.2) is 5.11 Å². The molecule has 0 aromatic carbocycles. The molecule has 1 saturated heterocycles. The maximum Gasteiger partial charge on any atom is 0.317 e. The van der Waals surface area contributed by atoms with Gasteiger partial charge in [-0.2, -0.15) is 0 Å². The number of thiocarbonyl (C=S) groups is 2. The first-order valence-electron chi connectivity index (χ1n) is 7.55. The van der Waals surface area contributed by atoms with Crippen LogP contribution in [0.2, 0.25) is 0 Å². The summed E-state index contributed by atoms with van der Waals surface area (Å²) < 4.78 is 0. The fourth-order valence-electron chi connectivity index (χ4n) is 1.18. The highest BCUT2D eigenvalue weighted by Gasteiger charge is 2.23. The van der Waals surface area contributed by atoms with E-state index in [2.05, 4.69) is 51.6 Å². The molecule has 8 nitrogen and oxygen atoms in total. The lowest BCUT2D eigenvalue weighted by Gasteiger charge is -2.10. The second kappa shape index (κ2) is 19.5. The van der Waals surface area contributed by atoms with Gasteiger partial charge in [0, 0.05) is 18.9 Å². The molecule has 27 heavy (non-hydrogen) atoms. The van der Waals surface area contributed by atoms with Crippen molar-refractivity contribution < 1.29 is 14.7 Å². The van der Waals surface area contributed by atoms with Gasteiger partial charge in [-0.15, -0.1) is 13.2 Å². The summed E-state index contributed by atoms with van der Waals surface area (Å²) in [4.78, 5) is 29.0. The largest absolute Gasteiger partial charge is 0.480 e. The molecule has 0 atom stereocenters. The molecule has 0 bridgehead atoms. The average molecular weight is 410 g/mol. The van der Waals surface area contributed by atoms with Crippen LogP contribution in [0.4, 0.5) is 0 Å². The quantitative estimate of drug-likeness (QED) is 0.378. The van der Waals surface area contributed by atoms with Crippen molar-refractivity contribution in [3.63, 3.8) is 0 Å². The summed E-state index contributed by atoms with van der Waals surface area (Å²) in [5.41, 5.74) is 4.57. The average Bonchev–Trinajstić information content (AvgIpc) is 3.01. The predicted molar refractivity (Wildman–Crippen MR) is 114 cm³/mol. The molecule has 0 saturated carbocycles. The Morgan fingerprint density at radius 3 is 2.22 bits per heavy atom. The molecule has 0 aliphatic carbocycles. The molecule has 0 spiro atoms. The Kier molecular flexibility index (Phi) is 19.1. The van der Waals surface area contributed by atoms with Gasteiger partial charge in [0.05, 0.1) is 24.8 Å². The Bertz CT molecular complexity index is 592. The van der Waals surface area contributed by atoms with Gasteiger partial charge in [-0.1, -0.05) is 18.2 Å². The number of nitrogens with one attached hydrogen (secondary N) is 1. The van der Waals surface area contributed by atoms with E-state index < -0.39 is 5.97 Å². The summed E-state index contributed by atoms with van der Waals surface area (Å²) in [6, 6.07) is 5.72. The number of aliphatic carboxylic acids is 1. The Morgan fingerprint density at radius 2 is 2.00 bits per heavy atom. The molecule has 2 heterocycles. The van der Waals surface area contributed by atoms with Crippen molar-refractivity contribution >= 4 is 46.6 Å². The van der Waals surface area contributed by atoms with Gasteiger partial charge in [0.1, 0.15) is 0 Å². The molecule has 146 valence electrons. The van der Waals surface area contributed by atoms with Crippen LogP contribution in [0.3, 0.4) is 0 Å². The third-order valence-corrected chi connectivity index (χ3v) is 2.77. The smallest absolute Gasteiger partial charge is 0.317 e. The lowest BCUT2D eigenvalue weighted by molar-refractivity contribution is -0.135. The summed E-state index contributed by atoms with van der Waals surface area (Å²) in [5, 5.41) is 13.1. The number of aromatic nitrogens is 1. The minimum atomic E-state index is -0.968. The molecule has 2 rings (SSSR count). The second-order valence-electron chi connectivity index (χ2n) is 4.29. The molecule has 1 aromatic rings. The number of nitrogens with two attached hydrogens (primary N) is 1. The number of carbonyl (C=O) groups is 2. The van der Waals surface area contributed by atoms with E-state index in [1.807, 2.05) is 18.2 Å². The second-order valence-corrected chi connectivity index (χ2v) is 4.86. The van der Waals surface area contributed by atoms with E-state index in [0.29, 0.717) is 24.7 Å². The molecular weight excluding hydrogens is 386 g/mol. The van der Waals surface area contributed by atoms with Gasteiger partial charge in [0.2, 0.25) is 5.91 Å². The highest BCUT2D eigenvalue weighted by molar-refractivity contribution is 7.80. The number of rotatable bonds is 5. The van der Waals surface area contributed by atoms with Crippen molar-refractivity contribution in [3.05, 3.63) is 55.9 Å². The molecule has 1 aromatic heterocycles. The molecule has 0 unspecified atom stereocenters. The highest BCUT2D eigenvalue weighted by Crippen LogP contribution is 1.97. The zero-order chi connectivity index (χ0) is 20.9. The first kappa shape index (κ1) is 26.4. The maximum absolute atomic E-state index is 10.9. The van der Waals surface area contributed by atoms with Crippen molar-refractivity contribution in [1.82, 2.24) is 15.2 Å². The van der Waals surface area contributed by atoms with Gasteiger partial charge >= 0.3 is 5.97 Å². The number of hydrogen-bond acceptors (Lipinski definition) is 7. The number of isothiocyanates is 1. The van der Waals surface area contributed by atoms with Crippen LogP contribution in [0.15, 0.2) is 60.9 Å². The number of carbonyl (C=O) groups excluding carboxylic acids is 1. The van der Waals surface area contributed by atoms with Gasteiger partial charge < -0.3 is 16.2 Å². The van der Waals surface area contributed by atoms with E-state index in [1.165, 1.54) is 4.90 Å². The van der Waals surface area contributed by atoms with Gasteiger partial charge in [0.25, 0.3) is 0 Å². The maximum atomic E-state index is 10.9. The SMILES string of the molecule is C=CCN1C(=O)CNC1=S.C=CCN=C=S.NCC(=O)O.c1ccncc1. The Labute approximate surface area is 169 Å². The van der Waals surface area contributed by atoms with Crippen molar-refractivity contribution in [1.29, 1.82) is 0 Å². The molecule has 1 aliphatic heterocycles. The number of carboxylic acids is 1. The van der Waals surface area contributed by atoms with Gasteiger partial charge in [-0.25, -0.2) is 4.99 Å². The van der Waals surface area contributed by atoms with E-state index in [9.17, 15) is 9.59 Å².